The molecule has 0 heterocycles. The van der Waals surface area contributed by atoms with Crippen LogP contribution < -0.4 is 21.1 Å². The highest BCUT2D eigenvalue weighted by atomic mass is 16.5. The topological polar surface area (TPSA) is 88.7 Å². The number of aliphatic imine (C=N–C) groups is 1. The highest BCUT2D eigenvalue weighted by Gasteiger charge is 2.12. The van der Waals surface area contributed by atoms with Crippen LogP contribution in [0.1, 0.15) is 23.6 Å². The standard InChI is InChI=1S/C19H24N4O2/c1-4-21-18(20)23-19(24)22-17-13(2)10-11-16(14(17)3)25-12-15-8-6-5-7-9-15/h5-11H,4,12H2,1-3H3,(H4,20,21,22,23,24). The fourth-order valence-electron chi connectivity index (χ4n) is 2.38. The van der Waals surface area contributed by atoms with Gasteiger partial charge in [-0.1, -0.05) is 36.4 Å². The van der Waals surface area contributed by atoms with Gasteiger partial charge in [0.25, 0.3) is 0 Å². The smallest absolute Gasteiger partial charge is 0.326 e. The van der Waals surface area contributed by atoms with E-state index in [1.54, 1.807) is 0 Å². The van der Waals surface area contributed by atoms with Gasteiger partial charge >= 0.3 is 6.03 Å². The molecule has 0 saturated heterocycles. The number of anilines is 1. The number of benzene rings is 2. The summed E-state index contributed by atoms with van der Waals surface area (Å²) in [7, 11) is 0. The third-order valence-corrected chi connectivity index (χ3v) is 3.67. The largest absolute Gasteiger partial charge is 0.489 e. The number of ether oxygens (including phenoxy) is 1. The van der Waals surface area contributed by atoms with Crippen LogP contribution in [0.4, 0.5) is 10.5 Å². The second-order valence-electron chi connectivity index (χ2n) is 5.59. The summed E-state index contributed by atoms with van der Waals surface area (Å²) >= 11 is 0. The van der Waals surface area contributed by atoms with E-state index >= 15 is 0 Å². The van der Waals surface area contributed by atoms with Gasteiger partial charge in [0.1, 0.15) is 12.4 Å². The first kappa shape index (κ1) is 18.3. The average molecular weight is 340 g/mol. The third-order valence-electron chi connectivity index (χ3n) is 3.67. The summed E-state index contributed by atoms with van der Waals surface area (Å²) in [6, 6.07) is 13.3. The molecule has 2 aromatic carbocycles. The Morgan fingerprint density at radius 2 is 1.88 bits per heavy atom. The molecular weight excluding hydrogens is 316 g/mol. The Bertz CT molecular complexity index is 758. The van der Waals surface area contributed by atoms with Gasteiger partial charge < -0.3 is 15.8 Å². The fraction of sp³-hybridized carbons (Fsp3) is 0.263. The lowest BCUT2D eigenvalue weighted by Gasteiger charge is -2.16. The molecule has 2 aromatic rings. The monoisotopic (exact) mass is 340 g/mol. The number of nitrogens with one attached hydrogen (secondary N) is 2. The molecule has 0 radical (unpaired) electrons. The minimum absolute atomic E-state index is 0.0896. The maximum atomic E-state index is 12.1. The van der Waals surface area contributed by atoms with Crippen molar-refractivity contribution < 1.29 is 9.53 Å². The zero-order valence-corrected chi connectivity index (χ0v) is 14.8. The number of urea groups is 1. The summed E-state index contributed by atoms with van der Waals surface area (Å²) in [5.41, 5.74) is 9.19. The first-order valence-electron chi connectivity index (χ1n) is 8.16. The molecule has 2 amide bonds. The summed E-state index contributed by atoms with van der Waals surface area (Å²) in [6.07, 6.45) is 0. The Morgan fingerprint density at radius 1 is 1.16 bits per heavy atom. The Kier molecular flexibility index (Phi) is 6.39. The van der Waals surface area contributed by atoms with Crippen molar-refractivity contribution in [2.24, 2.45) is 10.7 Å². The van der Waals surface area contributed by atoms with Gasteiger partial charge in [0.15, 0.2) is 5.96 Å². The Hall–Kier alpha value is -3.02. The second-order valence-corrected chi connectivity index (χ2v) is 5.59. The molecule has 6 heteroatoms. The van der Waals surface area contributed by atoms with E-state index in [-0.39, 0.29) is 5.96 Å². The van der Waals surface area contributed by atoms with Crippen LogP contribution in [0, 0.1) is 13.8 Å². The lowest BCUT2D eigenvalue weighted by molar-refractivity contribution is 0.256. The third kappa shape index (κ3) is 5.24. The lowest BCUT2D eigenvalue weighted by Crippen LogP contribution is -2.39. The first-order valence-corrected chi connectivity index (χ1v) is 8.16. The normalized spacial score (nSPS) is 11.1. The van der Waals surface area contributed by atoms with Gasteiger partial charge in [0, 0.05) is 12.1 Å². The zero-order valence-electron chi connectivity index (χ0n) is 14.8. The van der Waals surface area contributed by atoms with Crippen molar-refractivity contribution in [3.05, 3.63) is 59.2 Å². The minimum atomic E-state index is -0.430. The molecule has 132 valence electrons. The number of amides is 2. The number of rotatable bonds is 5. The van der Waals surface area contributed by atoms with Crippen LogP contribution in [0.5, 0.6) is 5.75 Å². The Labute approximate surface area is 148 Å². The van der Waals surface area contributed by atoms with Crippen LogP contribution >= 0.6 is 0 Å². The van der Waals surface area contributed by atoms with Crippen molar-refractivity contribution in [3.63, 3.8) is 0 Å². The molecule has 0 aliphatic rings. The minimum Gasteiger partial charge on any atom is -0.489 e. The van der Waals surface area contributed by atoms with Crippen molar-refractivity contribution in [2.75, 3.05) is 11.9 Å². The van der Waals surface area contributed by atoms with Gasteiger partial charge in [-0.05, 0) is 38.0 Å². The number of hydrogen-bond donors (Lipinski definition) is 3. The first-order chi connectivity index (χ1) is 12.0. The van der Waals surface area contributed by atoms with Gasteiger partial charge in [-0.2, -0.15) is 0 Å². The van der Waals surface area contributed by atoms with Crippen molar-refractivity contribution in [1.82, 2.24) is 5.32 Å². The maximum absolute atomic E-state index is 12.1. The molecule has 0 spiro atoms. The summed E-state index contributed by atoms with van der Waals surface area (Å²) in [5, 5.41) is 5.31. The van der Waals surface area contributed by atoms with Gasteiger partial charge in [-0.15, -0.1) is 0 Å². The second kappa shape index (κ2) is 8.73. The van der Waals surface area contributed by atoms with E-state index in [2.05, 4.69) is 15.6 Å². The molecule has 25 heavy (non-hydrogen) atoms. The molecule has 0 aliphatic heterocycles. The summed E-state index contributed by atoms with van der Waals surface area (Å²) in [5.74, 6) is 0.812. The highest BCUT2D eigenvalue weighted by Crippen LogP contribution is 2.29. The molecule has 0 fully saturated rings. The van der Waals surface area contributed by atoms with Gasteiger partial charge in [-0.25, -0.2) is 4.79 Å². The number of carbonyl (C=O) groups is 1. The number of carbonyl (C=O) groups excluding carboxylic acids is 1. The Balaban J connectivity index is 2.10. The van der Waals surface area contributed by atoms with Crippen molar-refractivity contribution >= 4 is 17.7 Å². The summed E-state index contributed by atoms with van der Waals surface area (Å²) < 4.78 is 5.90. The predicted molar refractivity (Wildman–Crippen MR) is 101 cm³/mol. The van der Waals surface area contributed by atoms with Crippen LogP contribution in [0.15, 0.2) is 47.5 Å². The fourth-order valence-corrected chi connectivity index (χ4v) is 2.38. The lowest BCUT2D eigenvalue weighted by atomic mass is 10.1. The number of aryl methyl sites for hydroxylation is 1. The molecule has 0 aliphatic carbocycles. The quantitative estimate of drug-likeness (QED) is 0.576. The number of nitrogens with zero attached hydrogens (tertiary/aromatic N) is 1. The van der Waals surface area contributed by atoms with Crippen LogP contribution in [0.25, 0.3) is 0 Å². The van der Waals surface area contributed by atoms with Crippen molar-refractivity contribution in [3.8, 4) is 5.75 Å². The van der Waals surface area contributed by atoms with Gasteiger partial charge in [-0.3, -0.25) is 10.3 Å². The molecule has 0 bridgehead atoms. The van der Waals surface area contributed by atoms with Crippen molar-refractivity contribution in [1.29, 1.82) is 0 Å². The van der Waals surface area contributed by atoms with Gasteiger partial charge in [0.05, 0.1) is 5.69 Å². The number of hydrogen-bond acceptors (Lipinski definition) is 3. The summed E-state index contributed by atoms with van der Waals surface area (Å²) in [6.45, 7) is 6.65. The summed E-state index contributed by atoms with van der Waals surface area (Å²) in [4.78, 5) is 16.0. The van der Waals surface area contributed by atoms with Gasteiger partial charge in [0.2, 0.25) is 0 Å². The zero-order chi connectivity index (χ0) is 18.2. The van der Waals surface area contributed by atoms with E-state index in [1.165, 1.54) is 0 Å². The molecule has 6 nitrogen and oxygen atoms in total. The maximum Gasteiger partial charge on any atom is 0.326 e. The highest BCUT2D eigenvalue weighted by molar-refractivity contribution is 6.02. The van der Waals surface area contributed by atoms with E-state index in [1.807, 2.05) is 63.2 Å². The van der Waals surface area contributed by atoms with E-state index < -0.39 is 6.03 Å². The van der Waals surface area contributed by atoms with Crippen LogP contribution in [0.3, 0.4) is 0 Å². The van der Waals surface area contributed by atoms with Crippen molar-refractivity contribution in [2.45, 2.75) is 27.4 Å². The van der Waals surface area contributed by atoms with E-state index in [0.717, 1.165) is 22.4 Å². The molecule has 0 saturated carbocycles. The average Bonchev–Trinajstić information content (AvgIpc) is 2.59. The van der Waals surface area contributed by atoms with Crippen LogP contribution in [-0.2, 0) is 6.61 Å². The van der Waals surface area contributed by atoms with E-state index in [0.29, 0.717) is 18.8 Å². The SMILES string of the molecule is CCN=C(N)NC(=O)Nc1c(C)ccc(OCc2ccccc2)c1C. The van der Waals surface area contributed by atoms with E-state index in [4.69, 9.17) is 10.5 Å². The number of nitrogens with two attached hydrogens (primary N) is 1. The Morgan fingerprint density at radius 3 is 2.56 bits per heavy atom. The molecule has 4 N–H and O–H groups in total. The molecule has 0 unspecified atom stereocenters. The van der Waals surface area contributed by atoms with Crippen LogP contribution in [-0.4, -0.2) is 18.5 Å². The van der Waals surface area contributed by atoms with Crippen LogP contribution in [0.2, 0.25) is 0 Å². The number of guanidine groups is 1. The predicted octanol–water partition coefficient (Wildman–Crippen LogP) is 3.34. The molecule has 0 aromatic heterocycles. The van der Waals surface area contributed by atoms with E-state index in [9.17, 15) is 4.79 Å². The molecule has 2 rings (SSSR count). The molecular formula is C19H24N4O2. The molecule has 0 atom stereocenters.